The van der Waals surface area contributed by atoms with E-state index in [2.05, 4.69) is 41.7 Å². The summed E-state index contributed by atoms with van der Waals surface area (Å²) in [6.45, 7) is 0. The minimum Gasteiger partial charge on any atom is -0.204 e. The maximum absolute atomic E-state index is 13.6. The van der Waals surface area contributed by atoms with Crippen LogP contribution in [-0.2, 0) is 0 Å². The fourth-order valence-corrected chi connectivity index (χ4v) is 1.72. The van der Waals surface area contributed by atoms with E-state index in [-0.39, 0.29) is 5.56 Å². The van der Waals surface area contributed by atoms with Crippen molar-refractivity contribution in [2.24, 2.45) is 4.99 Å². The first kappa shape index (κ1) is 14.4. The van der Waals surface area contributed by atoms with Gasteiger partial charge in [-0.25, -0.2) is 8.78 Å². The van der Waals surface area contributed by atoms with Crippen molar-refractivity contribution in [3.05, 3.63) is 59.2 Å². The van der Waals surface area contributed by atoms with Crippen LogP contribution in [0.1, 0.15) is 11.1 Å². The largest absolute Gasteiger partial charge is 0.204 e. The molecular weight excluding hydrogens is 296 g/mol. The first-order valence-corrected chi connectivity index (χ1v) is 6.33. The molecule has 0 aliphatic carbocycles. The smallest absolute Gasteiger partial charge is 0.153 e. The Morgan fingerprint density at radius 2 is 1.50 bits per heavy atom. The summed E-state index contributed by atoms with van der Waals surface area (Å²) in [5.74, 6) is 3.85. The summed E-state index contributed by atoms with van der Waals surface area (Å²) in [5.41, 5.74) is 0.493. The lowest BCUT2D eigenvalue weighted by Gasteiger charge is -1.98. The third-order valence-electron chi connectivity index (χ3n) is 2.39. The zero-order chi connectivity index (χ0) is 14.5. The topological polar surface area (TPSA) is 12.4 Å². The van der Waals surface area contributed by atoms with Crippen molar-refractivity contribution >= 4 is 35.7 Å². The van der Waals surface area contributed by atoms with E-state index < -0.39 is 17.3 Å². The van der Waals surface area contributed by atoms with E-state index in [1.165, 1.54) is 0 Å². The van der Waals surface area contributed by atoms with Crippen molar-refractivity contribution in [1.82, 2.24) is 0 Å². The van der Waals surface area contributed by atoms with E-state index in [0.717, 1.165) is 22.6 Å². The fourth-order valence-electron chi connectivity index (χ4n) is 1.48. The highest BCUT2D eigenvalue weighted by molar-refractivity contribution is 7.80. The van der Waals surface area contributed by atoms with Crippen LogP contribution in [0.4, 0.5) is 14.5 Å². The minimum atomic E-state index is -0.822. The number of benzene rings is 2. The molecular formula is C15H7F2NS2. The Balaban J connectivity index is 2.36. The van der Waals surface area contributed by atoms with Gasteiger partial charge in [0.05, 0.1) is 5.16 Å². The summed E-state index contributed by atoms with van der Waals surface area (Å²) in [7, 11) is 0. The predicted octanol–water partition coefficient (Wildman–Crippen LogP) is 4.39. The molecule has 0 aliphatic heterocycles. The maximum Gasteiger partial charge on any atom is 0.153 e. The summed E-state index contributed by atoms with van der Waals surface area (Å²) in [5, 5.41) is 1.93. The first-order valence-electron chi connectivity index (χ1n) is 5.48. The summed E-state index contributed by atoms with van der Waals surface area (Å²) in [4.78, 5) is 4.15. The van der Waals surface area contributed by atoms with E-state index in [9.17, 15) is 8.78 Å². The Labute approximate surface area is 125 Å². The van der Waals surface area contributed by atoms with Crippen molar-refractivity contribution in [2.45, 2.75) is 4.90 Å². The van der Waals surface area contributed by atoms with Crippen LogP contribution in [0.5, 0.6) is 0 Å². The molecule has 2 rings (SSSR count). The minimum absolute atomic E-state index is 0.221. The number of rotatable bonds is 1. The quantitative estimate of drug-likeness (QED) is 0.357. The van der Waals surface area contributed by atoms with Crippen LogP contribution in [-0.4, -0.2) is 5.16 Å². The van der Waals surface area contributed by atoms with Gasteiger partial charge in [0.15, 0.2) is 11.6 Å². The molecule has 98 valence electrons. The van der Waals surface area contributed by atoms with Crippen LogP contribution >= 0.6 is 24.8 Å². The molecule has 0 saturated heterocycles. The molecule has 0 radical (unpaired) electrons. The highest BCUT2D eigenvalue weighted by Crippen LogP contribution is 2.23. The highest BCUT2D eigenvalue weighted by atomic mass is 32.1. The molecule has 0 saturated carbocycles. The predicted molar refractivity (Wildman–Crippen MR) is 80.7 cm³/mol. The van der Waals surface area contributed by atoms with Gasteiger partial charge in [0, 0.05) is 16.0 Å². The van der Waals surface area contributed by atoms with Crippen LogP contribution in [0.3, 0.4) is 0 Å². The molecule has 0 aliphatic rings. The lowest BCUT2D eigenvalue weighted by molar-refractivity contribution is 0.587. The number of thiocarbonyl (C=S) groups is 1. The monoisotopic (exact) mass is 303 g/mol. The lowest BCUT2D eigenvalue weighted by atomic mass is 10.1. The van der Waals surface area contributed by atoms with E-state index in [4.69, 9.17) is 0 Å². The maximum atomic E-state index is 13.6. The fraction of sp³-hybridized carbons (Fsp3) is 0. The SMILES string of the molecule is Fc1cc(C#Cc2ccc(S)cc2)cc(F)c1N=C=S. The molecule has 0 aromatic heterocycles. The Bertz CT molecular complexity index is 729. The number of halogens is 2. The van der Waals surface area contributed by atoms with Gasteiger partial charge in [0.2, 0.25) is 0 Å². The van der Waals surface area contributed by atoms with E-state index >= 15 is 0 Å². The van der Waals surface area contributed by atoms with Crippen molar-refractivity contribution in [1.29, 1.82) is 0 Å². The van der Waals surface area contributed by atoms with E-state index in [1.807, 2.05) is 5.16 Å². The Hall–Kier alpha value is -1.99. The molecule has 2 aromatic rings. The van der Waals surface area contributed by atoms with Crippen molar-refractivity contribution in [3.63, 3.8) is 0 Å². The number of hydrogen-bond acceptors (Lipinski definition) is 3. The molecule has 0 heterocycles. The summed E-state index contributed by atoms with van der Waals surface area (Å²) in [6, 6.07) is 9.32. The lowest BCUT2D eigenvalue weighted by Crippen LogP contribution is -1.86. The molecule has 5 heteroatoms. The van der Waals surface area contributed by atoms with Crippen LogP contribution in [0.2, 0.25) is 0 Å². The summed E-state index contributed by atoms with van der Waals surface area (Å²) >= 11 is 8.48. The molecule has 0 bridgehead atoms. The van der Waals surface area contributed by atoms with Gasteiger partial charge in [0.25, 0.3) is 0 Å². The van der Waals surface area contributed by atoms with Crippen molar-refractivity contribution in [3.8, 4) is 11.8 Å². The molecule has 0 fully saturated rings. The van der Waals surface area contributed by atoms with E-state index in [1.54, 1.807) is 24.3 Å². The molecule has 1 nitrogen and oxygen atoms in total. The van der Waals surface area contributed by atoms with Gasteiger partial charge in [-0.3, -0.25) is 0 Å². The van der Waals surface area contributed by atoms with Gasteiger partial charge in [-0.1, -0.05) is 11.8 Å². The second-order valence-electron chi connectivity index (χ2n) is 3.79. The average molecular weight is 303 g/mol. The van der Waals surface area contributed by atoms with Crippen LogP contribution < -0.4 is 0 Å². The average Bonchev–Trinajstić information content (AvgIpc) is 2.42. The van der Waals surface area contributed by atoms with Crippen LogP contribution in [0.25, 0.3) is 0 Å². The number of aliphatic imine (C=N–C) groups is 1. The highest BCUT2D eigenvalue weighted by Gasteiger charge is 2.09. The third-order valence-corrected chi connectivity index (χ3v) is 2.78. The van der Waals surface area contributed by atoms with Gasteiger partial charge < -0.3 is 0 Å². The van der Waals surface area contributed by atoms with E-state index in [0.29, 0.717) is 0 Å². The van der Waals surface area contributed by atoms with Crippen LogP contribution in [0.15, 0.2) is 46.3 Å². The van der Waals surface area contributed by atoms with Gasteiger partial charge in [-0.2, -0.15) is 4.99 Å². The van der Waals surface area contributed by atoms with Gasteiger partial charge in [-0.05, 0) is 48.6 Å². The summed E-state index contributed by atoms with van der Waals surface area (Å²) < 4.78 is 27.2. The second-order valence-corrected chi connectivity index (χ2v) is 4.49. The molecule has 0 spiro atoms. The zero-order valence-electron chi connectivity index (χ0n) is 10.0. The molecule has 0 amide bonds. The van der Waals surface area contributed by atoms with Crippen LogP contribution in [0, 0.1) is 23.5 Å². The molecule has 0 unspecified atom stereocenters. The number of nitrogens with zero attached hydrogens (tertiary/aromatic N) is 1. The third kappa shape index (κ3) is 3.52. The number of hydrogen-bond donors (Lipinski definition) is 1. The zero-order valence-corrected chi connectivity index (χ0v) is 11.7. The van der Waals surface area contributed by atoms with Crippen molar-refractivity contribution < 1.29 is 8.78 Å². The standard InChI is InChI=1S/C15H7F2NS2/c16-13-7-11(8-14(17)15(13)18-9-19)2-1-10-3-5-12(20)6-4-10/h3-8,20H. The molecule has 2 aromatic carbocycles. The molecule has 0 N–H and O–H groups in total. The molecule has 0 atom stereocenters. The van der Waals surface area contributed by atoms with Gasteiger partial charge in [0.1, 0.15) is 5.69 Å². The Kier molecular flexibility index (Phi) is 4.65. The second kappa shape index (κ2) is 6.44. The number of thiol groups is 1. The summed E-state index contributed by atoms with van der Waals surface area (Å²) in [6.07, 6.45) is 0. The first-order chi connectivity index (χ1) is 9.60. The van der Waals surface area contributed by atoms with Gasteiger partial charge in [-0.15, -0.1) is 12.6 Å². The Morgan fingerprint density at radius 1 is 0.950 bits per heavy atom. The normalized spacial score (nSPS) is 9.35. The molecule has 20 heavy (non-hydrogen) atoms. The number of isothiocyanates is 1. The van der Waals surface area contributed by atoms with Gasteiger partial charge >= 0.3 is 0 Å². The Morgan fingerprint density at radius 3 is 2.05 bits per heavy atom. The van der Waals surface area contributed by atoms with Crippen molar-refractivity contribution in [2.75, 3.05) is 0 Å².